The molecule has 0 saturated heterocycles. The standard InChI is InChI=1S/C9H12N2O4/c1-5(9(13)14)11-8(12)7-3-2-6(4-10)15-7/h2-3,5H,4,10H2,1H3,(H,11,12)(H,13,14). The Labute approximate surface area is 86.1 Å². The van der Waals surface area contributed by atoms with Gasteiger partial charge >= 0.3 is 5.97 Å². The van der Waals surface area contributed by atoms with Gasteiger partial charge in [-0.25, -0.2) is 0 Å². The van der Waals surface area contributed by atoms with Crippen LogP contribution in [-0.4, -0.2) is 23.0 Å². The average molecular weight is 212 g/mol. The molecule has 1 rings (SSSR count). The van der Waals surface area contributed by atoms with Crippen LogP contribution in [0, 0.1) is 0 Å². The highest BCUT2D eigenvalue weighted by Gasteiger charge is 2.17. The van der Waals surface area contributed by atoms with Gasteiger partial charge in [0.15, 0.2) is 5.76 Å². The van der Waals surface area contributed by atoms with E-state index in [9.17, 15) is 9.59 Å². The number of amides is 1. The fraction of sp³-hybridized carbons (Fsp3) is 0.333. The molecule has 0 radical (unpaired) electrons. The van der Waals surface area contributed by atoms with Crippen molar-refractivity contribution in [2.45, 2.75) is 19.5 Å². The summed E-state index contributed by atoms with van der Waals surface area (Å²) >= 11 is 0. The van der Waals surface area contributed by atoms with Crippen LogP contribution >= 0.6 is 0 Å². The molecule has 0 aliphatic rings. The maximum absolute atomic E-state index is 11.4. The van der Waals surface area contributed by atoms with E-state index in [4.69, 9.17) is 15.3 Å². The number of nitrogens with two attached hydrogens (primary N) is 1. The van der Waals surface area contributed by atoms with Crippen molar-refractivity contribution in [1.82, 2.24) is 5.32 Å². The monoisotopic (exact) mass is 212 g/mol. The van der Waals surface area contributed by atoms with Crippen LogP contribution in [0.25, 0.3) is 0 Å². The van der Waals surface area contributed by atoms with Crippen LogP contribution < -0.4 is 11.1 Å². The van der Waals surface area contributed by atoms with Crippen LogP contribution in [0.4, 0.5) is 0 Å². The number of carbonyl (C=O) groups excluding carboxylic acids is 1. The van der Waals surface area contributed by atoms with Gasteiger partial charge in [-0.15, -0.1) is 0 Å². The van der Waals surface area contributed by atoms with E-state index in [0.29, 0.717) is 5.76 Å². The summed E-state index contributed by atoms with van der Waals surface area (Å²) in [7, 11) is 0. The lowest BCUT2D eigenvalue weighted by atomic mass is 10.3. The predicted molar refractivity (Wildman–Crippen MR) is 51.2 cm³/mol. The number of carbonyl (C=O) groups is 2. The number of nitrogens with one attached hydrogen (secondary N) is 1. The minimum atomic E-state index is -1.10. The molecule has 1 unspecified atom stereocenters. The molecule has 1 heterocycles. The summed E-state index contributed by atoms with van der Waals surface area (Å²) in [5.74, 6) is -1.13. The summed E-state index contributed by atoms with van der Waals surface area (Å²) in [6.45, 7) is 1.56. The van der Waals surface area contributed by atoms with Gasteiger partial charge in [-0.1, -0.05) is 0 Å². The second-order valence-corrected chi connectivity index (χ2v) is 3.00. The van der Waals surface area contributed by atoms with Crippen molar-refractivity contribution in [3.05, 3.63) is 23.7 Å². The second kappa shape index (κ2) is 4.61. The van der Waals surface area contributed by atoms with Crippen LogP contribution in [0.5, 0.6) is 0 Å². The summed E-state index contributed by atoms with van der Waals surface area (Å²) in [4.78, 5) is 21.8. The van der Waals surface area contributed by atoms with E-state index >= 15 is 0 Å². The molecule has 6 heteroatoms. The van der Waals surface area contributed by atoms with Gasteiger partial charge in [0.25, 0.3) is 5.91 Å². The van der Waals surface area contributed by atoms with Crippen LogP contribution in [0.3, 0.4) is 0 Å². The molecular weight excluding hydrogens is 200 g/mol. The molecule has 82 valence electrons. The first-order chi connectivity index (χ1) is 7.04. The third-order valence-electron chi connectivity index (χ3n) is 1.80. The van der Waals surface area contributed by atoms with Crippen molar-refractivity contribution in [2.24, 2.45) is 5.73 Å². The van der Waals surface area contributed by atoms with E-state index in [2.05, 4.69) is 5.32 Å². The normalized spacial score (nSPS) is 12.1. The fourth-order valence-corrected chi connectivity index (χ4v) is 0.939. The van der Waals surface area contributed by atoms with E-state index in [1.807, 2.05) is 0 Å². The minimum Gasteiger partial charge on any atom is -0.480 e. The molecule has 6 nitrogen and oxygen atoms in total. The molecule has 1 aromatic heterocycles. The molecule has 1 atom stereocenters. The maximum Gasteiger partial charge on any atom is 0.325 e. The molecule has 0 aliphatic heterocycles. The lowest BCUT2D eigenvalue weighted by Crippen LogP contribution is -2.38. The van der Waals surface area contributed by atoms with Gasteiger partial charge in [0, 0.05) is 0 Å². The molecule has 15 heavy (non-hydrogen) atoms. The van der Waals surface area contributed by atoms with Crippen LogP contribution in [0.15, 0.2) is 16.5 Å². The molecular formula is C9H12N2O4. The van der Waals surface area contributed by atoms with E-state index in [1.165, 1.54) is 13.0 Å². The number of aliphatic carboxylic acids is 1. The van der Waals surface area contributed by atoms with Crippen LogP contribution in [0.2, 0.25) is 0 Å². The number of furan rings is 1. The minimum absolute atomic E-state index is 0.0588. The van der Waals surface area contributed by atoms with Crippen molar-refractivity contribution in [3.8, 4) is 0 Å². The SMILES string of the molecule is CC(NC(=O)c1ccc(CN)o1)C(=O)O. The van der Waals surface area contributed by atoms with Gasteiger partial charge in [0.05, 0.1) is 6.54 Å². The number of rotatable bonds is 4. The van der Waals surface area contributed by atoms with Gasteiger partial charge in [0.2, 0.25) is 0 Å². The number of hydrogen-bond acceptors (Lipinski definition) is 4. The van der Waals surface area contributed by atoms with Gasteiger partial charge in [0.1, 0.15) is 11.8 Å². The molecule has 0 aliphatic carbocycles. The molecule has 1 aromatic rings. The zero-order valence-corrected chi connectivity index (χ0v) is 8.19. The van der Waals surface area contributed by atoms with E-state index in [0.717, 1.165) is 0 Å². The highest BCUT2D eigenvalue weighted by molar-refractivity contribution is 5.94. The largest absolute Gasteiger partial charge is 0.480 e. The molecule has 4 N–H and O–H groups in total. The highest BCUT2D eigenvalue weighted by Crippen LogP contribution is 2.06. The Morgan fingerprint density at radius 1 is 1.60 bits per heavy atom. The zero-order valence-electron chi connectivity index (χ0n) is 8.19. The summed E-state index contributed by atoms with van der Waals surface area (Å²) < 4.78 is 5.05. The summed E-state index contributed by atoms with van der Waals surface area (Å²) in [5, 5.41) is 10.8. The van der Waals surface area contributed by atoms with E-state index in [1.54, 1.807) is 6.07 Å². The van der Waals surface area contributed by atoms with Crippen molar-refractivity contribution in [1.29, 1.82) is 0 Å². The molecule has 0 spiro atoms. The first-order valence-corrected chi connectivity index (χ1v) is 4.37. The topological polar surface area (TPSA) is 106 Å². The smallest absolute Gasteiger partial charge is 0.325 e. The van der Waals surface area contributed by atoms with E-state index < -0.39 is 17.9 Å². The lowest BCUT2D eigenvalue weighted by Gasteiger charge is -2.06. The van der Waals surface area contributed by atoms with Crippen LogP contribution in [0.1, 0.15) is 23.2 Å². The average Bonchev–Trinajstić information content (AvgIpc) is 2.65. The Balaban J connectivity index is 2.65. The van der Waals surface area contributed by atoms with Crippen molar-refractivity contribution in [2.75, 3.05) is 0 Å². The molecule has 1 amide bonds. The van der Waals surface area contributed by atoms with Crippen molar-refractivity contribution >= 4 is 11.9 Å². The van der Waals surface area contributed by atoms with Gasteiger partial charge in [-0.3, -0.25) is 9.59 Å². The number of carboxylic acids is 1. The van der Waals surface area contributed by atoms with Gasteiger partial charge < -0.3 is 20.6 Å². The third-order valence-corrected chi connectivity index (χ3v) is 1.80. The fourth-order valence-electron chi connectivity index (χ4n) is 0.939. The highest BCUT2D eigenvalue weighted by atomic mass is 16.4. The summed E-state index contributed by atoms with van der Waals surface area (Å²) in [6.07, 6.45) is 0. The predicted octanol–water partition coefficient (Wildman–Crippen LogP) is -0.0588. The van der Waals surface area contributed by atoms with Crippen molar-refractivity contribution < 1.29 is 19.1 Å². The molecule has 0 fully saturated rings. The summed E-state index contributed by atoms with van der Waals surface area (Å²) in [5.41, 5.74) is 5.29. The first kappa shape index (κ1) is 11.3. The zero-order chi connectivity index (χ0) is 11.4. The molecule has 0 aromatic carbocycles. The quantitative estimate of drug-likeness (QED) is 0.648. The molecule has 0 bridgehead atoms. The first-order valence-electron chi connectivity index (χ1n) is 4.37. The Morgan fingerprint density at radius 3 is 2.73 bits per heavy atom. The Kier molecular flexibility index (Phi) is 3.46. The van der Waals surface area contributed by atoms with Gasteiger partial charge in [-0.05, 0) is 19.1 Å². The van der Waals surface area contributed by atoms with Gasteiger partial charge in [-0.2, -0.15) is 0 Å². The number of carboxylic acid groups (broad SMARTS) is 1. The van der Waals surface area contributed by atoms with Crippen molar-refractivity contribution in [3.63, 3.8) is 0 Å². The van der Waals surface area contributed by atoms with Crippen LogP contribution in [-0.2, 0) is 11.3 Å². The Hall–Kier alpha value is -1.82. The Morgan fingerprint density at radius 2 is 2.27 bits per heavy atom. The summed E-state index contributed by atoms with van der Waals surface area (Å²) in [6, 6.07) is 2.07. The Bertz CT molecular complexity index is 372. The molecule has 0 saturated carbocycles. The second-order valence-electron chi connectivity index (χ2n) is 3.00. The van der Waals surface area contributed by atoms with E-state index in [-0.39, 0.29) is 12.3 Å². The third kappa shape index (κ3) is 2.81. The number of hydrogen-bond donors (Lipinski definition) is 3. The lowest BCUT2D eigenvalue weighted by molar-refractivity contribution is -0.138. The maximum atomic E-state index is 11.4.